The zero-order valence-electron chi connectivity index (χ0n) is 9.73. The van der Waals surface area contributed by atoms with Crippen LogP contribution >= 0.6 is 0 Å². The third kappa shape index (κ3) is 2.53. The summed E-state index contributed by atoms with van der Waals surface area (Å²) in [6, 6.07) is 5.95. The van der Waals surface area contributed by atoms with E-state index in [9.17, 15) is 22.8 Å². The zero-order valence-corrected chi connectivity index (χ0v) is 9.73. The highest BCUT2D eigenvalue weighted by molar-refractivity contribution is 6.10. The number of rotatable bonds is 2. The molecule has 104 valence electrons. The number of para-hydroxylation sites is 1. The number of carbonyl (C=O) groups is 2. The minimum Gasteiger partial charge on any atom is -0.478 e. The van der Waals surface area contributed by atoms with Gasteiger partial charge in [0.05, 0.1) is 11.2 Å². The number of aromatic carboxylic acids is 1. The Morgan fingerprint density at radius 2 is 1.85 bits per heavy atom. The second-order valence-electron chi connectivity index (χ2n) is 3.82. The van der Waals surface area contributed by atoms with Crippen molar-refractivity contribution in [3.05, 3.63) is 36.0 Å². The van der Waals surface area contributed by atoms with Crippen molar-refractivity contribution in [2.45, 2.75) is 6.18 Å². The van der Waals surface area contributed by atoms with Crippen LogP contribution in [0.2, 0.25) is 0 Å². The number of nitrogens with one attached hydrogen (secondary N) is 1. The van der Waals surface area contributed by atoms with E-state index in [4.69, 9.17) is 5.11 Å². The number of aromatic nitrogens is 1. The van der Waals surface area contributed by atoms with E-state index >= 15 is 0 Å². The van der Waals surface area contributed by atoms with Gasteiger partial charge in [-0.2, -0.15) is 13.2 Å². The third-order valence-corrected chi connectivity index (χ3v) is 2.50. The highest BCUT2D eigenvalue weighted by atomic mass is 19.4. The van der Waals surface area contributed by atoms with Gasteiger partial charge >= 0.3 is 18.1 Å². The van der Waals surface area contributed by atoms with Gasteiger partial charge in [0, 0.05) is 11.6 Å². The van der Waals surface area contributed by atoms with Gasteiger partial charge in [-0.15, -0.1) is 0 Å². The number of hydrogen-bond donors (Lipinski definition) is 2. The Morgan fingerprint density at radius 1 is 1.20 bits per heavy atom. The van der Waals surface area contributed by atoms with Crippen LogP contribution in [0.15, 0.2) is 30.5 Å². The summed E-state index contributed by atoms with van der Waals surface area (Å²) >= 11 is 0. The number of anilines is 1. The Bertz CT molecular complexity index is 698. The molecule has 5 nitrogen and oxygen atoms in total. The van der Waals surface area contributed by atoms with Gasteiger partial charge in [-0.1, -0.05) is 18.2 Å². The summed E-state index contributed by atoms with van der Waals surface area (Å²) in [4.78, 5) is 25.8. The third-order valence-electron chi connectivity index (χ3n) is 2.50. The molecule has 0 spiro atoms. The maximum Gasteiger partial charge on any atom is 0.471 e. The second-order valence-corrected chi connectivity index (χ2v) is 3.82. The molecule has 1 aromatic carbocycles. The Morgan fingerprint density at radius 3 is 2.45 bits per heavy atom. The smallest absolute Gasteiger partial charge is 0.471 e. The Balaban J connectivity index is 2.61. The average molecular weight is 284 g/mol. The molecule has 0 unspecified atom stereocenters. The van der Waals surface area contributed by atoms with E-state index in [1.165, 1.54) is 18.2 Å². The van der Waals surface area contributed by atoms with E-state index in [1.54, 1.807) is 11.4 Å². The Kier molecular flexibility index (Phi) is 3.31. The van der Waals surface area contributed by atoms with Gasteiger partial charge in [0.2, 0.25) is 0 Å². The average Bonchev–Trinajstić information content (AvgIpc) is 2.37. The molecule has 0 saturated heterocycles. The fourth-order valence-corrected chi connectivity index (χ4v) is 1.62. The number of halogens is 3. The van der Waals surface area contributed by atoms with E-state index in [-0.39, 0.29) is 10.9 Å². The minimum absolute atomic E-state index is 0.116. The lowest BCUT2D eigenvalue weighted by atomic mass is 10.1. The summed E-state index contributed by atoms with van der Waals surface area (Å²) in [7, 11) is 0. The number of amides is 1. The van der Waals surface area contributed by atoms with E-state index in [2.05, 4.69) is 4.98 Å². The number of benzene rings is 1. The van der Waals surface area contributed by atoms with Gasteiger partial charge in [-0.25, -0.2) is 4.79 Å². The molecule has 2 aromatic rings. The molecule has 1 heterocycles. The van der Waals surface area contributed by atoms with Crippen molar-refractivity contribution in [3.8, 4) is 0 Å². The van der Waals surface area contributed by atoms with Gasteiger partial charge < -0.3 is 10.4 Å². The van der Waals surface area contributed by atoms with Crippen molar-refractivity contribution in [3.63, 3.8) is 0 Å². The quantitative estimate of drug-likeness (QED) is 0.887. The monoisotopic (exact) mass is 284 g/mol. The summed E-state index contributed by atoms with van der Waals surface area (Å²) in [5, 5.41) is 10.7. The lowest BCUT2D eigenvalue weighted by Gasteiger charge is -2.12. The first-order valence-corrected chi connectivity index (χ1v) is 5.30. The first-order chi connectivity index (χ1) is 9.30. The predicted molar refractivity (Wildman–Crippen MR) is 63.4 cm³/mol. The molecule has 0 radical (unpaired) electrons. The van der Waals surface area contributed by atoms with Crippen LogP contribution in [0.1, 0.15) is 10.4 Å². The molecular weight excluding hydrogens is 277 g/mol. The number of carboxylic acids is 1. The second kappa shape index (κ2) is 4.80. The lowest BCUT2D eigenvalue weighted by Crippen LogP contribution is -2.30. The maximum atomic E-state index is 12.3. The van der Waals surface area contributed by atoms with Crippen LogP contribution < -0.4 is 5.32 Å². The van der Waals surface area contributed by atoms with Crippen LogP contribution in [-0.2, 0) is 4.79 Å². The normalized spacial score (nSPS) is 11.3. The molecule has 0 bridgehead atoms. The van der Waals surface area contributed by atoms with Crippen LogP contribution in [0.25, 0.3) is 10.9 Å². The van der Waals surface area contributed by atoms with Crippen molar-refractivity contribution in [1.82, 2.24) is 4.98 Å². The van der Waals surface area contributed by atoms with Gasteiger partial charge in [0.15, 0.2) is 0 Å². The Labute approximate surface area is 110 Å². The summed E-state index contributed by atoms with van der Waals surface area (Å²) < 4.78 is 36.9. The zero-order chi connectivity index (χ0) is 14.9. The molecule has 2 rings (SSSR count). The minimum atomic E-state index is -5.11. The SMILES string of the molecule is O=C(O)c1cnc2ccccc2c1NC(=O)C(F)(F)F. The molecular formula is C12H7F3N2O3. The molecule has 0 atom stereocenters. The fourth-order valence-electron chi connectivity index (χ4n) is 1.62. The van der Waals surface area contributed by atoms with E-state index in [1.807, 2.05) is 0 Å². The van der Waals surface area contributed by atoms with Crippen LogP contribution in [0.5, 0.6) is 0 Å². The van der Waals surface area contributed by atoms with Crippen LogP contribution in [-0.4, -0.2) is 28.1 Å². The number of hydrogen-bond acceptors (Lipinski definition) is 3. The fraction of sp³-hybridized carbons (Fsp3) is 0.0833. The predicted octanol–water partition coefficient (Wildman–Crippen LogP) is 2.43. The maximum absolute atomic E-state index is 12.3. The van der Waals surface area contributed by atoms with Crippen LogP contribution in [0.4, 0.5) is 18.9 Å². The lowest BCUT2D eigenvalue weighted by molar-refractivity contribution is -0.167. The van der Waals surface area contributed by atoms with Crippen molar-refractivity contribution in [1.29, 1.82) is 0 Å². The highest BCUT2D eigenvalue weighted by Gasteiger charge is 2.39. The summed E-state index contributed by atoms with van der Waals surface area (Å²) in [6.45, 7) is 0. The first kappa shape index (κ1) is 13.8. The molecule has 0 fully saturated rings. The molecule has 2 N–H and O–H groups in total. The summed E-state index contributed by atoms with van der Waals surface area (Å²) in [5.41, 5.74) is -0.665. The van der Waals surface area contributed by atoms with Gasteiger partial charge in [-0.3, -0.25) is 9.78 Å². The molecule has 1 amide bonds. The van der Waals surface area contributed by atoms with E-state index in [0.29, 0.717) is 0 Å². The number of nitrogens with zero attached hydrogens (tertiary/aromatic N) is 1. The largest absolute Gasteiger partial charge is 0.478 e. The van der Waals surface area contributed by atoms with Crippen molar-refractivity contribution in [2.24, 2.45) is 0 Å². The van der Waals surface area contributed by atoms with E-state index < -0.39 is 29.3 Å². The molecule has 0 saturated carbocycles. The topological polar surface area (TPSA) is 79.3 Å². The van der Waals surface area contributed by atoms with Gasteiger partial charge in [0.25, 0.3) is 0 Å². The molecule has 0 aliphatic rings. The number of pyridine rings is 1. The number of alkyl halides is 3. The van der Waals surface area contributed by atoms with Crippen molar-refractivity contribution in [2.75, 3.05) is 5.32 Å². The molecule has 8 heteroatoms. The number of carboxylic acid groups (broad SMARTS) is 1. The van der Waals surface area contributed by atoms with Crippen molar-refractivity contribution < 1.29 is 27.9 Å². The summed E-state index contributed by atoms with van der Waals surface area (Å²) in [5.74, 6) is -3.72. The van der Waals surface area contributed by atoms with Crippen LogP contribution in [0.3, 0.4) is 0 Å². The van der Waals surface area contributed by atoms with Gasteiger partial charge in [-0.05, 0) is 6.07 Å². The molecule has 0 aliphatic carbocycles. The molecule has 0 aliphatic heterocycles. The number of fused-ring (bicyclic) bond motifs is 1. The standard InChI is InChI=1S/C12H7F3N2O3/c13-12(14,15)11(20)17-9-6-3-1-2-4-8(6)16-5-7(9)10(18)19/h1-5H,(H,18,19)(H,16,17,20). The molecule has 20 heavy (non-hydrogen) atoms. The number of carbonyl (C=O) groups excluding carboxylic acids is 1. The first-order valence-electron chi connectivity index (χ1n) is 5.30. The highest BCUT2D eigenvalue weighted by Crippen LogP contribution is 2.28. The summed E-state index contributed by atoms with van der Waals surface area (Å²) in [6.07, 6.45) is -4.21. The Hall–Kier alpha value is -2.64. The van der Waals surface area contributed by atoms with Crippen molar-refractivity contribution >= 4 is 28.5 Å². The van der Waals surface area contributed by atoms with Gasteiger partial charge in [0.1, 0.15) is 5.56 Å². The van der Waals surface area contributed by atoms with Crippen LogP contribution in [0, 0.1) is 0 Å². The molecule has 1 aromatic heterocycles. The van der Waals surface area contributed by atoms with E-state index in [0.717, 1.165) is 6.20 Å².